The van der Waals surface area contributed by atoms with E-state index in [0.29, 0.717) is 0 Å². The standard InChI is InChI=1S/C25H22N2O5S/c1-25(15-9-4-10-16-26)23(27-20(28)17-21(27)33(25,30)31)24(29)32-22(18-11-5-2-6-12-18)19-13-7-3-8-14-19/h2-15,21-23H,17H2,1H3/b10-4-,15-9+/t21-,23+,25+/m1/s1. The Balaban J connectivity index is 1.74. The molecule has 0 N–H and O–H groups in total. The van der Waals surface area contributed by atoms with E-state index in [1.807, 2.05) is 66.7 Å². The maximum atomic E-state index is 13.5. The molecule has 0 aromatic heterocycles. The second kappa shape index (κ2) is 8.68. The highest BCUT2D eigenvalue weighted by Gasteiger charge is 2.69. The van der Waals surface area contributed by atoms with Crippen molar-refractivity contribution in [1.82, 2.24) is 4.90 Å². The lowest BCUT2D eigenvalue weighted by Gasteiger charge is -2.36. The van der Waals surface area contributed by atoms with E-state index in [1.165, 1.54) is 31.2 Å². The molecule has 8 heteroatoms. The van der Waals surface area contributed by atoms with Crippen LogP contribution in [0.2, 0.25) is 0 Å². The summed E-state index contributed by atoms with van der Waals surface area (Å²) in [6, 6.07) is 18.7. The summed E-state index contributed by atoms with van der Waals surface area (Å²) in [5.41, 5.74) is 1.44. The molecule has 2 heterocycles. The van der Waals surface area contributed by atoms with Gasteiger partial charge in [0.1, 0.15) is 10.1 Å². The van der Waals surface area contributed by atoms with E-state index in [0.717, 1.165) is 16.0 Å². The minimum absolute atomic E-state index is 0.162. The fourth-order valence-corrected chi connectivity index (χ4v) is 6.61. The number of amides is 1. The van der Waals surface area contributed by atoms with E-state index in [-0.39, 0.29) is 6.42 Å². The first-order chi connectivity index (χ1) is 15.8. The van der Waals surface area contributed by atoms with Crippen molar-refractivity contribution in [3.8, 4) is 6.07 Å². The third kappa shape index (κ3) is 3.74. The number of carbonyl (C=O) groups excluding carboxylic acids is 2. The van der Waals surface area contributed by atoms with Crippen LogP contribution in [0, 0.1) is 11.3 Å². The number of nitrogens with zero attached hydrogens (tertiary/aromatic N) is 2. The van der Waals surface area contributed by atoms with Gasteiger partial charge in [0.15, 0.2) is 22.0 Å². The molecule has 0 bridgehead atoms. The van der Waals surface area contributed by atoms with Crippen molar-refractivity contribution in [3.63, 3.8) is 0 Å². The van der Waals surface area contributed by atoms with Crippen LogP contribution < -0.4 is 0 Å². The monoisotopic (exact) mass is 462 g/mol. The van der Waals surface area contributed by atoms with Gasteiger partial charge in [-0.1, -0.05) is 78.9 Å². The van der Waals surface area contributed by atoms with Crippen LogP contribution in [0.3, 0.4) is 0 Å². The van der Waals surface area contributed by atoms with Crippen LogP contribution in [0.25, 0.3) is 0 Å². The first-order valence-electron chi connectivity index (χ1n) is 10.4. The summed E-state index contributed by atoms with van der Waals surface area (Å²) in [5, 5.41) is 7.63. The lowest BCUT2D eigenvalue weighted by molar-refractivity contribution is -0.163. The van der Waals surface area contributed by atoms with Crippen LogP contribution >= 0.6 is 0 Å². The Morgan fingerprint density at radius 3 is 2.21 bits per heavy atom. The van der Waals surface area contributed by atoms with Gasteiger partial charge in [-0.05, 0) is 18.1 Å². The molecule has 0 saturated carbocycles. The third-order valence-electron chi connectivity index (χ3n) is 6.11. The summed E-state index contributed by atoms with van der Waals surface area (Å²) in [7, 11) is -3.91. The highest BCUT2D eigenvalue weighted by atomic mass is 32.2. The van der Waals surface area contributed by atoms with Crippen LogP contribution in [0.5, 0.6) is 0 Å². The number of allylic oxidation sites excluding steroid dienone is 3. The zero-order chi connectivity index (χ0) is 23.6. The van der Waals surface area contributed by atoms with Gasteiger partial charge in [0.05, 0.1) is 12.5 Å². The van der Waals surface area contributed by atoms with Gasteiger partial charge in [-0.15, -0.1) is 0 Å². The highest BCUT2D eigenvalue weighted by Crippen LogP contribution is 2.47. The summed E-state index contributed by atoms with van der Waals surface area (Å²) >= 11 is 0. The fraction of sp³-hybridized carbons (Fsp3) is 0.240. The quantitative estimate of drug-likeness (QED) is 0.283. The number of fused-ring (bicyclic) bond motifs is 1. The Morgan fingerprint density at radius 1 is 1.12 bits per heavy atom. The Kier molecular flexibility index (Phi) is 5.91. The number of rotatable bonds is 6. The van der Waals surface area contributed by atoms with Crippen molar-refractivity contribution in [3.05, 3.63) is 96.1 Å². The first kappa shape index (κ1) is 22.5. The summed E-state index contributed by atoms with van der Waals surface area (Å²) in [4.78, 5) is 27.0. The van der Waals surface area contributed by atoms with Gasteiger partial charge in [-0.25, -0.2) is 13.2 Å². The molecule has 7 nitrogen and oxygen atoms in total. The first-order valence-corrected chi connectivity index (χ1v) is 11.9. The minimum Gasteiger partial charge on any atom is -0.451 e. The van der Waals surface area contributed by atoms with Gasteiger partial charge in [0, 0.05) is 6.08 Å². The van der Waals surface area contributed by atoms with E-state index in [9.17, 15) is 18.0 Å². The molecule has 168 valence electrons. The Labute approximate surface area is 192 Å². The molecule has 1 amide bonds. The largest absolute Gasteiger partial charge is 0.451 e. The number of sulfone groups is 1. The number of esters is 1. The molecule has 2 aromatic rings. The average molecular weight is 463 g/mol. The smallest absolute Gasteiger partial charge is 0.331 e. The molecule has 3 atom stereocenters. The molecule has 2 aromatic carbocycles. The molecule has 2 saturated heterocycles. The minimum atomic E-state index is -3.91. The molecular weight excluding hydrogens is 440 g/mol. The van der Waals surface area contributed by atoms with Gasteiger partial charge in [0.25, 0.3) is 0 Å². The van der Waals surface area contributed by atoms with Crippen LogP contribution in [0.4, 0.5) is 0 Å². The van der Waals surface area contributed by atoms with Gasteiger partial charge in [-0.3, -0.25) is 4.79 Å². The predicted molar refractivity (Wildman–Crippen MR) is 121 cm³/mol. The van der Waals surface area contributed by atoms with Gasteiger partial charge in [-0.2, -0.15) is 5.26 Å². The zero-order valence-corrected chi connectivity index (χ0v) is 18.7. The molecule has 2 fully saturated rings. The second-order valence-corrected chi connectivity index (χ2v) is 10.6. The van der Waals surface area contributed by atoms with Crippen molar-refractivity contribution in [2.45, 2.75) is 35.6 Å². The lowest BCUT2D eigenvalue weighted by Crippen LogP contribution is -2.57. The summed E-state index contributed by atoms with van der Waals surface area (Å²) < 4.78 is 30.8. The number of benzene rings is 2. The molecule has 0 spiro atoms. The van der Waals surface area contributed by atoms with Gasteiger partial charge in [0.2, 0.25) is 5.91 Å². The second-order valence-electron chi connectivity index (χ2n) is 8.08. The van der Waals surface area contributed by atoms with E-state index < -0.39 is 44.0 Å². The summed E-state index contributed by atoms with van der Waals surface area (Å²) in [6.07, 6.45) is 4.40. The van der Waals surface area contributed by atoms with Crippen molar-refractivity contribution >= 4 is 21.7 Å². The van der Waals surface area contributed by atoms with E-state index in [2.05, 4.69) is 0 Å². The number of hydrogen-bond donors (Lipinski definition) is 0. The Morgan fingerprint density at radius 2 is 1.70 bits per heavy atom. The summed E-state index contributed by atoms with van der Waals surface area (Å²) in [5.74, 6) is -1.21. The van der Waals surface area contributed by atoms with Crippen molar-refractivity contribution in [2.75, 3.05) is 0 Å². The Hall–Kier alpha value is -3.70. The molecule has 2 aliphatic rings. The number of hydrogen-bond acceptors (Lipinski definition) is 6. The molecular formula is C25H22N2O5S. The summed E-state index contributed by atoms with van der Waals surface area (Å²) in [6.45, 7) is 1.41. The molecule has 0 aliphatic carbocycles. The van der Waals surface area contributed by atoms with Gasteiger partial charge >= 0.3 is 5.97 Å². The van der Waals surface area contributed by atoms with Crippen molar-refractivity contribution in [2.24, 2.45) is 0 Å². The Bertz CT molecular complexity index is 1230. The fourth-order valence-electron chi connectivity index (χ4n) is 4.34. The maximum Gasteiger partial charge on any atom is 0.331 e. The number of β-lactam (4-membered cyclic amide) rings is 1. The topological polar surface area (TPSA) is 105 Å². The lowest BCUT2D eigenvalue weighted by atomic mass is 9.95. The van der Waals surface area contributed by atoms with Crippen molar-refractivity contribution in [1.29, 1.82) is 5.26 Å². The van der Waals surface area contributed by atoms with Crippen LogP contribution in [0.15, 0.2) is 85.0 Å². The average Bonchev–Trinajstić information content (AvgIpc) is 2.96. The predicted octanol–water partition coefficient (Wildman–Crippen LogP) is 3.07. The third-order valence-corrected chi connectivity index (χ3v) is 8.81. The highest BCUT2D eigenvalue weighted by molar-refractivity contribution is 7.94. The van der Waals surface area contributed by atoms with E-state index in [1.54, 1.807) is 0 Å². The molecule has 0 unspecified atom stereocenters. The van der Waals surface area contributed by atoms with Crippen molar-refractivity contribution < 1.29 is 22.7 Å². The number of carbonyl (C=O) groups is 2. The molecule has 33 heavy (non-hydrogen) atoms. The number of ether oxygens (including phenoxy) is 1. The zero-order valence-electron chi connectivity index (χ0n) is 17.9. The number of nitriles is 1. The normalized spacial score (nSPS) is 25.7. The van der Waals surface area contributed by atoms with E-state index in [4.69, 9.17) is 10.00 Å². The van der Waals surface area contributed by atoms with Crippen LogP contribution in [-0.4, -0.2) is 41.4 Å². The van der Waals surface area contributed by atoms with Crippen LogP contribution in [0.1, 0.15) is 30.6 Å². The maximum absolute atomic E-state index is 13.5. The van der Waals surface area contributed by atoms with Crippen LogP contribution in [-0.2, 0) is 24.2 Å². The SMILES string of the molecule is C[C@]1(/C=C/C=C\C#N)[C@H](C(=O)OC(c2ccccc2)c2ccccc2)N2C(=O)C[C@H]2S1(=O)=O. The van der Waals surface area contributed by atoms with Gasteiger partial charge < -0.3 is 9.64 Å². The molecule has 2 aliphatic heterocycles. The van der Waals surface area contributed by atoms with E-state index >= 15 is 0 Å². The molecule has 0 radical (unpaired) electrons. The molecule has 4 rings (SSSR count).